The third-order valence-electron chi connectivity index (χ3n) is 5.66. The predicted octanol–water partition coefficient (Wildman–Crippen LogP) is 4.60. The molecule has 5 rings (SSSR count). The lowest BCUT2D eigenvalue weighted by Crippen LogP contribution is -2.37. The molecule has 1 amide bonds. The average molecular weight is 411 g/mol. The van der Waals surface area contributed by atoms with Crippen molar-refractivity contribution in [3.8, 4) is 5.75 Å². The number of carbonyl (C=O) groups excluding carboxylic acids is 2. The zero-order valence-corrected chi connectivity index (χ0v) is 16.9. The summed E-state index contributed by atoms with van der Waals surface area (Å²) in [6.45, 7) is 0.597. The van der Waals surface area contributed by atoms with Gasteiger partial charge in [0, 0.05) is 18.0 Å². The Bertz CT molecular complexity index is 1140. The summed E-state index contributed by atoms with van der Waals surface area (Å²) in [5.74, 6) is 0.0278. The van der Waals surface area contributed by atoms with Crippen LogP contribution in [0, 0.1) is 0 Å². The summed E-state index contributed by atoms with van der Waals surface area (Å²) in [5, 5.41) is 0. The number of hydrogen-bond donors (Lipinski definition) is 0. The monoisotopic (exact) mass is 411 g/mol. The van der Waals surface area contributed by atoms with Crippen LogP contribution in [0.3, 0.4) is 0 Å². The summed E-state index contributed by atoms with van der Waals surface area (Å²) >= 11 is 0. The minimum Gasteiger partial charge on any atom is -0.489 e. The quantitative estimate of drug-likeness (QED) is 0.576. The van der Waals surface area contributed by atoms with Gasteiger partial charge in [0.25, 0.3) is 0 Å². The van der Waals surface area contributed by atoms with Gasteiger partial charge in [0.15, 0.2) is 0 Å². The highest BCUT2D eigenvalue weighted by atomic mass is 16.5. The summed E-state index contributed by atoms with van der Waals surface area (Å²) in [7, 11) is 0. The van der Waals surface area contributed by atoms with E-state index in [0.717, 1.165) is 22.6 Å². The molecule has 0 saturated carbocycles. The van der Waals surface area contributed by atoms with Crippen molar-refractivity contribution in [2.75, 3.05) is 11.5 Å². The molecular formula is C26H21NO4. The van der Waals surface area contributed by atoms with E-state index in [4.69, 9.17) is 9.47 Å². The number of anilines is 1. The fourth-order valence-electron chi connectivity index (χ4n) is 4.15. The molecule has 0 spiro atoms. The van der Waals surface area contributed by atoms with E-state index in [0.29, 0.717) is 17.9 Å². The highest BCUT2D eigenvalue weighted by Crippen LogP contribution is 2.42. The number of ether oxygens (including phenoxy) is 2. The van der Waals surface area contributed by atoms with Crippen molar-refractivity contribution in [3.63, 3.8) is 0 Å². The molecule has 0 aromatic heterocycles. The van der Waals surface area contributed by atoms with Crippen molar-refractivity contribution in [2.45, 2.75) is 18.9 Å². The van der Waals surface area contributed by atoms with Gasteiger partial charge in [-0.15, -0.1) is 0 Å². The summed E-state index contributed by atoms with van der Waals surface area (Å²) < 4.78 is 11.2. The molecule has 1 atom stereocenters. The number of amides is 1. The minimum absolute atomic E-state index is 0.0438. The first-order chi connectivity index (χ1) is 15.2. The average Bonchev–Trinajstić information content (AvgIpc) is 3.20. The van der Waals surface area contributed by atoms with E-state index in [1.807, 2.05) is 84.9 Å². The molecule has 31 heavy (non-hydrogen) atoms. The van der Waals surface area contributed by atoms with Gasteiger partial charge >= 0.3 is 5.97 Å². The molecule has 0 N–H and O–H groups in total. The summed E-state index contributed by atoms with van der Waals surface area (Å²) in [4.78, 5) is 27.2. The van der Waals surface area contributed by atoms with Crippen LogP contribution in [0.5, 0.6) is 5.75 Å². The zero-order chi connectivity index (χ0) is 21.2. The van der Waals surface area contributed by atoms with Crippen LogP contribution in [0.1, 0.15) is 23.5 Å². The molecule has 5 heteroatoms. The SMILES string of the molecule is O=C1OCC2=C1[C@H](c1ccc(OCc3ccccc3)cc1)CC(=O)N2c1ccccc1. The van der Waals surface area contributed by atoms with Crippen LogP contribution in [-0.2, 0) is 20.9 Å². The number of carbonyl (C=O) groups is 2. The molecule has 0 radical (unpaired) electrons. The Morgan fingerprint density at radius 1 is 0.871 bits per heavy atom. The Morgan fingerprint density at radius 3 is 2.26 bits per heavy atom. The van der Waals surface area contributed by atoms with Gasteiger partial charge in [-0.1, -0.05) is 60.7 Å². The van der Waals surface area contributed by atoms with Crippen molar-refractivity contribution >= 4 is 17.6 Å². The topological polar surface area (TPSA) is 55.8 Å². The zero-order valence-electron chi connectivity index (χ0n) is 16.9. The van der Waals surface area contributed by atoms with E-state index in [1.54, 1.807) is 4.90 Å². The van der Waals surface area contributed by atoms with Crippen LogP contribution in [0.15, 0.2) is 96.2 Å². The molecule has 2 aliphatic rings. The molecule has 3 aromatic rings. The van der Waals surface area contributed by atoms with Gasteiger partial charge in [-0.25, -0.2) is 4.79 Å². The second kappa shape index (κ2) is 8.11. The lowest BCUT2D eigenvalue weighted by atomic mass is 9.84. The number of cyclic esters (lactones) is 1. The van der Waals surface area contributed by atoms with Crippen LogP contribution >= 0.6 is 0 Å². The fraction of sp³-hybridized carbons (Fsp3) is 0.154. The number of hydrogen-bond acceptors (Lipinski definition) is 4. The summed E-state index contributed by atoms with van der Waals surface area (Å²) in [6, 6.07) is 26.9. The molecule has 0 unspecified atom stereocenters. The largest absolute Gasteiger partial charge is 0.489 e. The maximum Gasteiger partial charge on any atom is 0.336 e. The second-order valence-corrected chi connectivity index (χ2v) is 7.60. The van der Waals surface area contributed by atoms with Gasteiger partial charge in [-0.05, 0) is 35.4 Å². The van der Waals surface area contributed by atoms with Gasteiger partial charge in [0.2, 0.25) is 5.91 Å². The van der Waals surface area contributed by atoms with Gasteiger partial charge in [0.05, 0.1) is 11.3 Å². The van der Waals surface area contributed by atoms with E-state index in [2.05, 4.69) is 0 Å². The molecular weight excluding hydrogens is 390 g/mol. The van der Waals surface area contributed by atoms with E-state index in [1.165, 1.54) is 0 Å². The second-order valence-electron chi connectivity index (χ2n) is 7.60. The highest BCUT2D eigenvalue weighted by Gasteiger charge is 2.42. The van der Waals surface area contributed by atoms with E-state index < -0.39 is 0 Å². The van der Waals surface area contributed by atoms with Crippen LogP contribution in [0.4, 0.5) is 5.69 Å². The molecule has 0 fully saturated rings. The normalized spacial score (nSPS) is 18.1. The molecule has 154 valence electrons. The Hall–Kier alpha value is -3.86. The van der Waals surface area contributed by atoms with Crippen molar-refractivity contribution in [3.05, 3.63) is 107 Å². The maximum absolute atomic E-state index is 13.1. The number of nitrogens with zero attached hydrogens (tertiary/aromatic N) is 1. The van der Waals surface area contributed by atoms with Gasteiger partial charge in [-0.3, -0.25) is 9.69 Å². The van der Waals surface area contributed by atoms with Gasteiger partial charge < -0.3 is 9.47 Å². The van der Waals surface area contributed by atoms with Crippen molar-refractivity contribution in [1.82, 2.24) is 0 Å². The van der Waals surface area contributed by atoms with Crippen LogP contribution in [0.25, 0.3) is 0 Å². The predicted molar refractivity (Wildman–Crippen MR) is 116 cm³/mol. The Kier molecular flexibility index (Phi) is 5.00. The molecule has 3 aromatic carbocycles. The molecule has 0 aliphatic carbocycles. The van der Waals surface area contributed by atoms with E-state index in [-0.39, 0.29) is 30.8 Å². The lowest BCUT2D eigenvalue weighted by molar-refractivity contribution is -0.136. The molecule has 0 saturated heterocycles. The van der Waals surface area contributed by atoms with Gasteiger partial charge in [-0.2, -0.15) is 0 Å². The Balaban J connectivity index is 1.40. The number of rotatable bonds is 5. The van der Waals surface area contributed by atoms with Crippen LogP contribution in [0.2, 0.25) is 0 Å². The number of para-hydroxylation sites is 1. The van der Waals surface area contributed by atoms with E-state index >= 15 is 0 Å². The van der Waals surface area contributed by atoms with Crippen LogP contribution in [-0.4, -0.2) is 18.5 Å². The molecule has 2 heterocycles. The van der Waals surface area contributed by atoms with E-state index in [9.17, 15) is 9.59 Å². The Morgan fingerprint density at radius 2 is 1.55 bits per heavy atom. The molecule has 2 aliphatic heterocycles. The highest BCUT2D eigenvalue weighted by molar-refractivity contribution is 6.06. The third-order valence-corrected chi connectivity index (χ3v) is 5.66. The summed E-state index contributed by atoms with van der Waals surface area (Å²) in [5.41, 5.74) is 3.96. The fourth-order valence-corrected chi connectivity index (χ4v) is 4.15. The minimum atomic E-state index is -0.349. The standard InChI is InChI=1S/C26H21NO4/c28-24-15-22(19-11-13-21(14-12-19)30-16-18-7-3-1-4-8-18)25-23(17-31-26(25)29)27(24)20-9-5-2-6-10-20/h1-14,22H,15-17H2/t22-/m0/s1. The van der Waals surface area contributed by atoms with Crippen molar-refractivity contribution < 1.29 is 19.1 Å². The first-order valence-corrected chi connectivity index (χ1v) is 10.3. The van der Waals surface area contributed by atoms with Crippen molar-refractivity contribution in [1.29, 1.82) is 0 Å². The Labute approximate surface area is 180 Å². The first-order valence-electron chi connectivity index (χ1n) is 10.3. The number of esters is 1. The van der Waals surface area contributed by atoms with Gasteiger partial charge in [0.1, 0.15) is 19.0 Å². The van der Waals surface area contributed by atoms with Crippen molar-refractivity contribution in [2.24, 2.45) is 0 Å². The summed E-state index contributed by atoms with van der Waals surface area (Å²) in [6.07, 6.45) is 0.215. The third kappa shape index (κ3) is 3.70. The molecule has 0 bridgehead atoms. The number of benzene rings is 3. The maximum atomic E-state index is 13.1. The molecule has 5 nitrogen and oxygen atoms in total. The lowest BCUT2D eigenvalue weighted by Gasteiger charge is -2.31. The van der Waals surface area contributed by atoms with Crippen LogP contribution < -0.4 is 9.64 Å². The first kappa shape index (κ1) is 19.1. The smallest absolute Gasteiger partial charge is 0.336 e.